The highest BCUT2D eigenvalue weighted by molar-refractivity contribution is 5.29. The molecule has 21 heavy (non-hydrogen) atoms. The molecule has 0 aromatic heterocycles. The van der Waals surface area contributed by atoms with Crippen molar-refractivity contribution in [1.29, 1.82) is 0 Å². The Labute approximate surface area is 123 Å². The van der Waals surface area contributed by atoms with Crippen molar-refractivity contribution in [2.75, 3.05) is 0 Å². The number of benzene rings is 2. The van der Waals surface area contributed by atoms with Crippen molar-refractivity contribution in [2.45, 2.75) is 32.4 Å². The first-order chi connectivity index (χ1) is 10.0. The van der Waals surface area contributed by atoms with Gasteiger partial charge in [-0.1, -0.05) is 36.8 Å². The van der Waals surface area contributed by atoms with E-state index in [1.807, 2.05) is 38.1 Å². The smallest absolute Gasteiger partial charge is 0.168 e. The minimum absolute atomic E-state index is 0.00630. The molecule has 112 valence electrons. The molecule has 0 aliphatic carbocycles. The van der Waals surface area contributed by atoms with Crippen LogP contribution in [0.15, 0.2) is 42.5 Å². The Bertz CT molecular complexity index is 615. The highest BCUT2D eigenvalue weighted by Crippen LogP contribution is 2.28. The van der Waals surface area contributed by atoms with Crippen LogP contribution in [0.5, 0.6) is 5.75 Å². The Morgan fingerprint density at radius 1 is 1.14 bits per heavy atom. The predicted octanol–water partition coefficient (Wildman–Crippen LogP) is 4.13. The van der Waals surface area contributed by atoms with Crippen molar-refractivity contribution < 1.29 is 13.5 Å². The summed E-state index contributed by atoms with van der Waals surface area (Å²) in [5.41, 5.74) is 8.06. The number of ether oxygens (including phenoxy) is 1. The molecule has 2 unspecified atom stereocenters. The van der Waals surface area contributed by atoms with Gasteiger partial charge in [-0.15, -0.1) is 0 Å². The van der Waals surface area contributed by atoms with Gasteiger partial charge in [0.1, 0.15) is 11.9 Å². The van der Waals surface area contributed by atoms with E-state index in [1.54, 1.807) is 0 Å². The lowest BCUT2D eigenvalue weighted by molar-refractivity contribution is 0.163. The Kier molecular flexibility index (Phi) is 4.91. The fourth-order valence-corrected chi connectivity index (χ4v) is 2.17. The molecule has 0 aliphatic rings. The van der Waals surface area contributed by atoms with Gasteiger partial charge in [0, 0.05) is 12.1 Å². The summed E-state index contributed by atoms with van der Waals surface area (Å²) < 4.78 is 32.5. The molecular formula is C17H19F2NO. The Morgan fingerprint density at radius 2 is 1.90 bits per heavy atom. The second kappa shape index (κ2) is 6.68. The number of aryl methyl sites for hydroxylation is 1. The molecule has 2 nitrogen and oxygen atoms in total. The quantitative estimate of drug-likeness (QED) is 0.899. The van der Waals surface area contributed by atoms with E-state index in [-0.39, 0.29) is 11.8 Å². The van der Waals surface area contributed by atoms with Gasteiger partial charge in [0.05, 0.1) is 0 Å². The Morgan fingerprint density at radius 3 is 2.52 bits per heavy atom. The minimum atomic E-state index is -0.726. The van der Waals surface area contributed by atoms with E-state index in [0.29, 0.717) is 6.42 Å². The topological polar surface area (TPSA) is 35.2 Å². The summed E-state index contributed by atoms with van der Waals surface area (Å²) in [4.78, 5) is 0. The van der Waals surface area contributed by atoms with Gasteiger partial charge < -0.3 is 10.5 Å². The maximum Gasteiger partial charge on any atom is 0.168 e. The molecule has 0 spiro atoms. The van der Waals surface area contributed by atoms with Crippen LogP contribution in [-0.2, 0) is 0 Å². The lowest BCUT2D eigenvalue weighted by Crippen LogP contribution is -2.31. The molecule has 2 N–H and O–H groups in total. The third-order valence-electron chi connectivity index (χ3n) is 3.38. The fourth-order valence-electron chi connectivity index (χ4n) is 2.17. The molecule has 0 fully saturated rings. The summed E-state index contributed by atoms with van der Waals surface area (Å²) in [6.45, 7) is 3.91. The van der Waals surface area contributed by atoms with Gasteiger partial charge in [-0.2, -0.15) is 0 Å². The van der Waals surface area contributed by atoms with E-state index in [2.05, 4.69) is 0 Å². The molecule has 0 saturated heterocycles. The van der Waals surface area contributed by atoms with Gasteiger partial charge in [-0.3, -0.25) is 0 Å². The third-order valence-corrected chi connectivity index (χ3v) is 3.38. The van der Waals surface area contributed by atoms with Crippen molar-refractivity contribution in [3.05, 3.63) is 65.2 Å². The summed E-state index contributed by atoms with van der Waals surface area (Å²) in [5, 5.41) is 0. The second-order valence-electron chi connectivity index (χ2n) is 5.10. The van der Waals surface area contributed by atoms with Crippen LogP contribution in [0, 0.1) is 18.6 Å². The Hall–Kier alpha value is -1.94. The SMILES string of the molecule is CCC(N)C(Oc1ccc(F)cc1F)c1cccc(C)c1. The largest absolute Gasteiger partial charge is 0.481 e. The molecular weight excluding hydrogens is 272 g/mol. The summed E-state index contributed by atoms with van der Waals surface area (Å²) in [6.07, 6.45) is 0.205. The average Bonchev–Trinajstić information content (AvgIpc) is 2.45. The van der Waals surface area contributed by atoms with E-state index in [1.165, 1.54) is 12.1 Å². The van der Waals surface area contributed by atoms with E-state index in [9.17, 15) is 8.78 Å². The van der Waals surface area contributed by atoms with Gasteiger partial charge in [0.2, 0.25) is 0 Å². The molecule has 0 amide bonds. The van der Waals surface area contributed by atoms with E-state index >= 15 is 0 Å². The Balaban J connectivity index is 2.33. The molecule has 4 heteroatoms. The van der Waals surface area contributed by atoms with Crippen molar-refractivity contribution >= 4 is 0 Å². The zero-order valence-corrected chi connectivity index (χ0v) is 12.1. The van der Waals surface area contributed by atoms with E-state index < -0.39 is 17.7 Å². The fraction of sp³-hybridized carbons (Fsp3) is 0.294. The van der Waals surface area contributed by atoms with Crippen molar-refractivity contribution in [1.82, 2.24) is 0 Å². The first-order valence-electron chi connectivity index (χ1n) is 6.95. The maximum atomic E-state index is 13.8. The minimum Gasteiger partial charge on any atom is -0.481 e. The zero-order chi connectivity index (χ0) is 15.4. The summed E-state index contributed by atoms with van der Waals surface area (Å²) in [6, 6.07) is 10.7. The first-order valence-corrected chi connectivity index (χ1v) is 6.95. The van der Waals surface area contributed by atoms with E-state index in [4.69, 9.17) is 10.5 Å². The standard InChI is InChI=1S/C17H19F2NO/c1-3-15(20)17(12-6-4-5-11(2)9-12)21-16-8-7-13(18)10-14(16)19/h4-10,15,17H,3,20H2,1-2H3. The maximum absolute atomic E-state index is 13.8. The van der Waals surface area contributed by atoms with Crippen LogP contribution in [-0.4, -0.2) is 6.04 Å². The summed E-state index contributed by atoms with van der Waals surface area (Å²) in [5.74, 6) is -1.35. The summed E-state index contributed by atoms with van der Waals surface area (Å²) in [7, 11) is 0. The second-order valence-corrected chi connectivity index (χ2v) is 5.10. The van der Waals surface area contributed by atoms with Crippen molar-refractivity contribution in [3.63, 3.8) is 0 Å². The van der Waals surface area contributed by atoms with Gasteiger partial charge in [-0.25, -0.2) is 8.78 Å². The molecule has 0 aliphatic heterocycles. The average molecular weight is 291 g/mol. The van der Waals surface area contributed by atoms with E-state index in [0.717, 1.165) is 17.2 Å². The van der Waals surface area contributed by atoms with Crippen molar-refractivity contribution in [2.24, 2.45) is 5.73 Å². The monoisotopic (exact) mass is 291 g/mol. The number of halogens is 2. The van der Waals surface area contributed by atoms with Crippen molar-refractivity contribution in [3.8, 4) is 5.75 Å². The highest BCUT2D eigenvalue weighted by atomic mass is 19.1. The number of hydrogen-bond acceptors (Lipinski definition) is 2. The molecule has 0 heterocycles. The molecule has 0 radical (unpaired) electrons. The predicted molar refractivity (Wildman–Crippen MR) is 79.2 cm³/mol. The number of hydrogen-bond donors (Lipinski definition) is 1. The van der Waals surface area contributed by atoms with Crippen LogP contribution in [0.3, 0.4) is 0 Å². The molecule has 2 atom stereocenters. The van der Waals surface area contributed by atoms with Gasteiger partial charge in [0.25, 0.3) is 0 Å². The lowest BCUT2D eigenvalue weighted by Gasteiger charge is -2.25. The first kappa shape index (κ1) is 15.4. The lowest BCUT2D eigenvalue weighted by atomic mass is 9.99. The van der Waals surface area contributed by atoms with Crippen LogP contribution in [0.25, 0.3) is 0 Å². The van der Waals surface area contributed by atoms with Crippen LogP contribution >= 0.6 is 0 Å². The molecule has 0 saturated carbocycles. The van der Waals surface area contributed by atoms with Gasteiger partial charge in [0.15, 0.2) is 11.6 Å². The van der Waals surface area contributed by atoms with Crippen LogP contribution < -0.4 is 10.5 Å². The zero-order valence-electron chi connectivity index (χ0n) is 12.1. The molecule has 0 bridgehead atoms. The van der Waals surface area contributed by atoms with Gasteiger partial charge >= 0.3 is 0 Å². The molecule has 2 rings (SSSR count). The van der Waals surface area contributed by atoms with Crippen LogP contribution in [0.1, 0.15) is 30.6 Å². The van der Waals surface area contributed by atoms with Gasteiger partial charge in [-0.05, 0) is 31.0 Å². The highest BCUT2D eigenvalue weighted by Gasteiger charge is 2.22. The molecule has 2 aromatic carbocycles. The van der Waals surface area contributed by atoms with Crippen LogP contribution in [0.2, 0.25) is 0 Å². The number of rotatable bonds is 5. The normalized spacial score (nSPS) is 13.8. The summed E-state index contributed by atoms with van der Waals surface area (Å²) >= 11 is 0. The van der Waals surface area contributed by atoms with Crippen LogP contribution in [0.4, 0.5) is 8.78 Å². The number of nitrogens with two attached hydrogens (primary N) is 1. The third kappa shape index (κ3) is 3.79. The molecule has 2 aromatic rings.